The Bertz CT molecular complexity index is 798. The normalized spacial score (nSPS) is 21.0. The van der Waals surface area contributed by atoms with Crippen molar-refractivity contribution in [3.05, 3.63) is 58.9 Å². The molecule has 1 aliphatic rings. The van der Waals surface area contributed by atoms with Crippen LogP contribution in [0.2, 0.25) is 0 Å². The van der Waals surface area contributed by atoms with Crippen LogP contribution in [0.4, 0.5) is 13.2 Å². The van der Waals surface area contributed by atoms with E-state index in [1.807, 2.05) is 6.92 Å². The molecule has 4 nitrogen and oxygen atoms in total. The number of β-amino-alcohol motifs (C(OH)–C–C–N with tert-alkyl or cyclic N) is 1. The molecule has 2 heterocycles. The highest BCUT2D eigenvalue weighted by molar-refractivity contribution is 5.93. The van der Waals surface area contributed by atoms with Crippen LogP contribution in [0.25, 0.3) is 0 Å². The summed E-state index contributed by atoms with van der Waals surface area (Å²) in [6.45, 7) is 1.96. The lowest BCUT2D eigenvalue weighted by atomic mass is 10.0. The van der Waals surface area contributed by atoms with Crippen LogP contribution < -0.4 is 0 Å². The topological polar surface area (TPSA) is 45.5 Å². The average molecular weight is 352 g/mol. The van der Waals surface area contributed by atoms with Gasteiger partial charge in [0.05, 0.1) is 17.7 Å². The molecule has 1 fully saturated rings. The van der Waals surface area contributed by atoms with E-state index in [0.29, 0.717) is 11.3 Å². The van der Waals surface area contributed by atoms with Crippen molar-refractivity contribution in [3.8, 4) is 0 Å². The van der Waals surface area contributed by atoms with Crippen molar-refractivity contribution in [3.63, 3.8) is 0 Å². The van der Waals surface area contributed by atoms with E-state index in [9.17, 15) is 23.1 Å². The third-order valence-corrected chi connectivity index (χ3v) is 4.73. The molecule has 1 aliphatic heterocycles. The molecule has 0 aliphatic carbocycles. The summed E-state index contributed by atoms with van der Waals surface area (Å²) in [5, 5.41) is 10.0. The van der Waals surface area contributed by atoms with Crippen molar-refractivity contribution in [2.45, 2.75) is 31.7 Å². The van der Waals surface area contributed by atoms with Crippen LogP contribution >= 0.6 is 0 Å². The molecule has 2 atom stereocenters. The average Bonchev–Trinajstić information content (AvgIpc) is 3.10. The van der Waals surface area contributed by atoms with E-state index in [0.717, 1.165) is 17.8 Å². The second-order valence-electron chi connectivity index (χ2n) is 6.41. The maximum absolute atomic E-state index is 13.0. The predicted molar refractivity (Wildman–Crippen MR) is 86.0 cm³/mol. The van der Waals surface area contributed by atoms with E-state index in [1.165, 1.54) is 11.0 Å². The molecule has 1 N–H and O–H groups in total. The SMILES string of the molecule is Cc1ccc(C(=O)N2C[C@H](O)C[C@H]2c2cccc(C(F)(F)F)c2)n1C. The van der Waals surface area contributed by atoms with Gasteiger partial charge in [-0.2, -0.15) is 13.2 Å². The van der Waals surface area contributed by atoms with Crippen molar-refractivity contribution in [2.24, 2.45) is 7.05 Å². The summed E-state index contributed by atoms with van der Waals surface area (Å²) >= 11 is 0. The first-order chi connectivity index (χ1) is 11.7. The Hall–Kier alpha value is -2.28. The number of aliphatic hydroxyl groups excluding tert-OH is 1. The van der Waals surface area contributed by atoms with Crippen LogP contribution in [0.3, 0.4) is 0 Å². The molecule has 0 saturated carbocycles. The van der Waals surface area contributed by atoms with Crippen molar-refractivity contribution in [1.29, 1.82) is 0 Å². The number of alkyl halides is 3. The van der Waals surface area contributed by atoms with E-state index in [1.54, 1.807) is 29.8 Å². The number of amides is 1. The zero-order valence-corrected chi connectivity index (χ0v) is 13.9. The molecule has 1 saturated heterocycles. The van der Waals surface area contributed by atoms with Crippen LogP contribution in [-0.4, -0.2) is 33.1 Å². The van der Waals surface area contributed by atoms with Crippen molar-refractivity contribution in [1.82, 2.24) is 9.47 Å². The zero-order chi connectivity index (χ0) is 18.4. The standard InChI is InChI=1S/C18H19F3N2O2/c1-11-6-7-15(22(11)2)17(25)23-10-14(24)9-16(23)12-4-3-5-13(8-12)18(19,20)21/h3-8,14,16,24H,9-10H2,1-2H3/t14-,16+/m1/s1. The van der Waals surface area contributed by atoms with Gasteiger partial charge in [0.15, 0.2) is 0 Å². The summed E-state index contributed by atoms with van der Waals surface area (Å²) in [5.74, 6) is -0.297. The van der Waals surface area contributed by atoms with Gasteiger partial charge < -0.3 is 14.6 Å². The maximum Gasteiger partial charge on any atom is 0.416 e. The second kappa shape index (κ2) is 6.22. The highest BCUT2D eigenvalue weighted by Crippen LogP contribution is 2.36. The number of hydrogen-bond acceptors (Lipinski definition) is 2. The monoisotopic (exact) mass is 352 g/mol. The lowest BCUT2D eigenvalue weighted by Gasteiger charge is -2.25. The second-order valence-corrected chi connectivity index (χ2v) is 6.41. The summed E-state index contributed by atoms with van der Waals surface area (Å²) in [5.41, 5.74) is 0.974. The number of aliphatic hydroxyl groups is 1. The first-order valence-corrected chi connectivity index (χ1v) is 7.97. The first-order valence-electron chi connectivity index (χ1n) is 7.97. The Kier molecular flexibility index (Phi) is 4.36. The summed E-state index contributed by atoms with van der Waals surface area (Å²) in [4.78, 5) is 14.3. The Morgan fingerprint density at radius 2 is 1.96 bits per heavy atom. The number of aromatic nitrogens is 1. The number of hydrogen-bond donors (Lipinski definition) is 1. The van der Waals surface area contributed by atoms with E-state index in [4.69, 9.17) is 0 Å². The molecule has 3 rings (SSSR count). The van der Waals surface area contributed by atoms with Gasteiger partial charge in [0, 0.05) is 19.3 Å². The molecule has 0 radical (unpaired) electrons. The quantitative estimate of drug-likeness (QED) is 0.901. The Morgan fingerprint density at radius 1 is 1.24 bits per heavy atom. The van der Waals surface area contributed by atoms with Crippen LogP contribution in [0.5, 0.6) is 0 Å². The van der Waals surface area contributed by atoms with Crippen LogP contribution in [0.15, 0.2) is 36.4 Å². The van der Waals surface area contributed by atoms with Gasteiger partial charge in [-0.05, 0) is 43.2 Å². The molecule has 134 valence electrons. The van der Waals surface area contributed by atoms with E-state index in [-0.39, 0.29) is 18.9 Å². The molecule has 0 bridgehead atoms. The highest BCUT2D eigenvalue weighted by Gasteiger charge is 2.38. The van der Waals surface area contributed by atoms with Gasteiger partial charge in [0.1, 0.15) is 5.69 Å². The van der Waals surface area contributed by atoms with Gasteiger partial charge in [-0.25, -0.2) is 0 Å². The van der Waals surface area contributed by atoms with Crippen molar-refractivity contribution >= 4 is 5.91 Å². The van der Waals surface area contributed by atoms with E-state index < -0.39 is 23.9 Å². The number of nitrogens with zero attached hydrogens (tertiary/aromatic N) is 2. The highest BCUT2D eigenvalue weighted by atomic mass is 19.4. The Morgan fingerprint density at radius 3 is 2.56 bits per heavy atom. The van der Waals surface area contributed by atoms with Gasteiger partial charge >= 0.3 is 6.18 Å². The third kappa shape index (κ3) is 3.28. The molecular weight excluding hydrogens is 333 g/mol. The fraction of sp³-hybridized carbons (Fsp3) is 0.389. The van der Waals surface area contributed by atoms with Crippen molar-refractivity contribution < 1.29 is 23.1 Å². The van der Waals surface area contributed by atoms with Gasteiger partial charge in [-0.15, -0.1) is 0 Å². The van der Waals surface area contributed by atoms with Gasteiger partial charge in [-0.1, -0.05) is 12.1 Å². The fourth-order valence-corrected chi connectivity index (χ4v) is 3.25. The lowest BCUT2D eigenvalue weighted by molar-refractivity contribution is -0.137. The number of halogens is 3. The molecular formula is C18H19F3N2O2. The first kappa shape index (κ1) is 17.5. The summed E-state index contributed by atoms with van der Waals surface area (Å²) in [6.07, 6.45) is -4.99. The minimum atomic E-state index is -4.45. The van der Waals surface area contributed by atoms with E-state index >= 15 is 0 Å². The van der Waals surface area contributed by atoms with Crippen LogP contribution in [0.1, 0.15) is 39.8 Å². The number of carbonyl (C=O) groups excluding carboxylic acids is 1. The van der Waals surface area contributed by atoms with Gasteiger partial charge in [0.25, 0.3) is 5.91 Å². The summed E-state index contributed by atoms with van der Waals surface area (Å²) in [7, 11) is 1.76. The number of rotatable bonds is 2. The molecule has 2 aromatic rings. The molecule has 0 unspecified atom stereocenters. The zero-order valence-electron chi connectivity index (χ0n) is 13.9. The molecule has 0 spiro atoms. The molecule has 7 heteroatoms. The minimum absolute atomic E-state index is 0.101. The maximum atomic E-state index is 13.0. The van der Waals surface area contributed by atoms with Crippen LogP contribution in [0, 0.1) is 6.92 Å². The van der Waals surface area contributed by atoms with Crippen molar-refractivity contribution in [2.75, 3.05) is 6.54 Å². The van der Waals surface area contributed by atoms with Gasteiger partial charge in [-0.3, -0.25) is 4.79 Å². The third-order valence-electron chi connectivity index (χ3n) is 4.73. The predicted octanol–water partition coefficient (Wildman–Crippen LogP) is 3.30. The molecule has 25 heavy (non-hydrogen) atoms. The lowest BCUT2D eigenvalue weighted by Crippen LogP contribution is -2.33. The Labute approximate surface area is 143 Å². The molecule has 1 aromatic carbocycles. The Balaban J connectivity index is 1.95. The number of aryl methyl sites for hydroxylation is 1. The number of benzene rings is 1. The molecule has 1 aromatic heterocycles. The van der Waals surface area contributed by atoms with Gasteiger partial charge in [0.2, 0.25) is 0 Å². The summed E-state index contributed by atoms with van der Waals surface area (Å²) < 4.78 is 40.7. The molecule has 1 amide bonds. The van der Waals surface area contributed by atoms with Crippen LogP contribution in [-0.2, 0) is 13.2 Å². The number of carbonyl (C=O) groups is 1. The largest absolute Gasteiger partial charge is 0.416 e. The minimum Gasteiger partial charge on any atom is -0.391 e. The fourth-order valence-electron chi connectivity index (χ4n) is 3.25. The summed E-state index contributed by atoms with van der Waals surface area (Å²) in [6, 6.07) is 7.86. The number of likely N-dealkylation sites (tertiary alicyclic amines) is 1. The van der Waals surface area contributed by atoms with E-state index in [2.05, 4.69) is 0 Å². The smallest absolute Gasteiger partial charge is 0.391 e.